The van der Waals surface area contributed by atoms with Crippen LogP contribution in [-0.4, -0.2) is 26.0 Å². The van der Waals surface area contributed by atoms with Crippen molar-refractivity contribution in [3.05, 3.63) is 84.0 Å². The zero-order chi connectivity index (χ0) is 22.0. The molecule has 1 aromatic heterocycles. The lowest BCUT2D eigenvalue weighted by molar-refractivity contribution is -0.116. The summed E-state index contributed by atoms with van der Waals surface area (Å²) in [7, 11) is -2.27. The minimum absolute atomic E-state index is 0.0608. The fourth-order valence-corrected chi connectivity index (χ4v) is 4.99. The molecule has 0 bridgehead atoms. The fourth-order valence-electron chi connectivity index (χ4n) is 3.39. The summed E-state index contributed by atoms with van der Waals surface area (Å²) in [5, 5.41) is 3.81. The Kier molecular flexibility index (Phi) is 5.71. The maximum absolute atomic E-state index is 13.3. The van der Waals surface area contributed by atoms with Crippen LogP contribution in [0.1, 0.15) is 0 Å². The van der Waals surface area contributed by atoms with Crippen LogP contribution in [0.4, 0.5) is 5.69 Å². The van der Waals surface area contributed by atoms with Gasteiger partial charge in [-0.05, 0) is 42.5 Å². The number of nitrogens with one attached hydrogen (secondary N) is 1. The predicted molar refractivity (Wildman–Crippen MR) is 120 cm³/mol. The maximum atomic E-state index is 13.3. The van der Waals surface area contributed by atoms with E-state index in [0.717, 1.165) is 0 Å². The maximum Gasteiger partial charge on any atom is 0.244 e. The van der Waals surface area contributed by atoms with E-state index in [1.165, 1.54) is 37.6 Å². The largest absolute Gasteiger partial charge is 0.495 e. The van der Waals surface area contributed by atoms with E-state index in [9.17, 15) is 13.2 Å². The van der Waals surface area contributed by atoms with Gasteiger partial charge in [0.1, 0.15) is 12.3 Å². The van der Waals surface area contributed by atoms with Crippen molar-refractivity contribution in [2.45, 2.75) is 16.3 Å². The smallest absolute Gasteiger partial charge is 0.244 e. The summed E-state index contributed by atoms with van der Waals surface area (Å²) in [6.07, 6.45) is 1.50. The lowest BCUT2D eigenvalue weighted by atomic mass is 10.2. The number of anilines is 1. The number of aromatic nitrogens is 1. The molecule has 1 N–H and O–H groups in total. The molecular weight excluding hydrogens is 436 g/mol. The molecule has 4 rings (SSSR count). The second kappa shape index (κ2) is 8.45. The van der Waals surface area contributed by atoms with Crippen LogP contribution in [0.5, 0.6) is 5.75 Å². The van der Waals surface area contributed by atoms with Gasteiger partial charge in [0.05, 0.1) is 22.6 Å². The number of nitrogens with zero attached hydrogens (tertiary/aromatic N) is 1. The topological polar surface area (TPSA) is 77.4 Å². The third kappa shape index (κ3) is 4.15. The van der Waals surface area contributed by atoms with E-state index in [0.29, 0.717) is 27.4 Å². The molecule has 4 aromatic rings. The van der Waals surface area contributed by atoms with Crippen LogP contribution in [0.3, 0.4) is 0 Å². The zero-order valence-electron chi connectivity index (χ0n) is 16.6. The predicted octanol–water partition coefficient (Wildman–Crippen LogP) is 4.77. The Bertz CT molecular complexity index is 1360. The fraction of sp³-hybridized carbons (Fsp3) is 0.0870. The molecule has 3 aromatic carbocycles. The summed E-state index contributed by atoms with van der Waals surface area (Å²) < 4.78 is 33.4. The highest BCUT2D eigenvalue weighted by Gasteiger charge is 2.24. The monoisotopic (exact) mass is 454 g/mol. The Morgan fingerprint density at radius 1 is 1.00 bits per heavy atom. The summed E-state index contributed by atoms with van der Waals surface area (Å²) in [6, 6.07) is 20.2. The number of hydrogen-bond acceptors (Lipinski definition) is 4. The minimum atomic E-state index is -3.80. The molecule has 1 heterocycles. The van der Waals surface area contributed by atoms with E-state index in [1.54, 1.807) is 47.0 Å². The molecule has 158 valence electrons. The van der Waals surface area contributed by atoms with Crippen molar-refractivity contribution in [2.24, 2.45) is 0 Å². The van der Waals surface area contributed by atoms with Crippen molar-refractivity contribution in [1.29, 1.82) is 0 Å². The number of carbonyl (C=O) groups is 1. The zero-order valence-corrected chi connectivity index (χ0v) is 18.2. The molecule has 1 amide bonds. The van der Waals surface area contributed by atoms with Crippen LogP contribution in [0.2, 0.25) is 5.02 Å². The summed E-state index contributed by atoms with van der Waals surface area (Å²) in [5.41, 5.74) is 1.19. The van der Waals surface area contributed by atoms with Gasteiger partial charge in [0.25, 0.3) is 0 Å². The van der Waals surface area contributed by atoms with E-state index in [-0.39, 0.29) is 22.2 Å². The molecular formula is C23H19ClN2O4S. The SMILES string of the molecule is COc1ccccc1NC(=O)Cn1cc(S(=O)(=O)c2ccc(Cl)cc2)c2ccccc21. The second-order valence-corrected chi connectivity index (χ2v) is 9.20. The summed E-state index contributed by atoms with van der Waals surface area (Å²) in [6.45, 7) is -0.0608. The summed E-state index contributed by atoms with van der Waals surface area (Å²) >= 11 is 5.90. The average molecular weight is 455 g/mol. The van der Waals surface area contributed by atoms with Crippen LogP contribution in [0.15, 0.2) is 88.8 Å². The highest BCUT2D eigenvalue weighted by Crippen LogP contribution is 2.31. The first kappa shape index (κ1) is 21.0. The van der Waals surface area contributed by atoms with Crippen LogP contribution < -0.4 is 10.1 Å². The number of methoxy groups -OCH3 is 1. The first-order chi connectivity index (χ1) is 14.9. The summed E-state index contributed by atoms with van der Waals surface area (Å²) in [5.74, 6) is 0.236. The Balaban J connectivity index is 1.70. The van der Waals surface area contributed by atoms with E-state index < -0.39 is 9.84 Å². The van der Waals surface area contributed by atoms with Gasteiger partial charge in [0.2, 0.25) is 15.7 Å². The number of amides is 1. The van der Waals surface area contributed by atoms with Gasteiger partial charge in [-0.25, -0.2) is 8.42 Å². The molecule has 0 spiro atoms. The number of hydrogen-bond donors (Lipinski definition) is 1. The van der Waals surface area contributed by atoms with Crippen LogP contribution in [-0.2, 0) is 21.2 Å². The molecule has 6 nitrogen and oxygen atoms in total. The molecule has 0 aliphatic carbocycles. The van der Waals surface area contributed by atoms with Crippen molar-refractivity contribution in [3.8, 4) is 5.75 Å². The van der Waals surface area contributed by atoms with Gasteiger partial charge < -0.3 is 14.6 Å². The third-order valence-corrected chi connectivity index (χ3v) is 6.91. The van der Waals surface area contributed by atoms with E-state index in [4.69, 9.17) is 16.3 Å². The second-order valence-electron chi connectivity index (χ2n) is 6.84. The molecule has 0 saturated carbocycles. The van der Waals surface area contributed by atoms with Gasteiger partial charge in [-0.15, -0.1) is 0 Å². The van der Waals surface area contributed by atoms with Crippen molar-refractivity contribution in [2.75, 3.05) is 12.4 Å². The van der Waals surface area contributed by atoms with Crippen molar-refractivity contribution in [1.82, 2.24) is 4.57 Å². The van der Waals surface area contributed by atoms with E-state index in [2.05, 4.69) is 5.32 Å². The summed E-state index contributed by atoms with van der Waals surface area (Å²) in [4.78, 5) is 13.0. The number of fused-ring (bicyclic) bond motifs is 1. The molecule has 0 aliphatic rings. The number of carbonyl (C=O) groups excluding carboxylic acids is 1. The molecule has 0 unspecified atom stereocenters. The molecule has 0 fully saturated rings. The van der Waals surface area contributed by atoms with Crippen molar-refractivity contribution >= 4 is 43.9 Å². The molecule has 0 radical (unpaired) electrons. The quantitative estimate of drug-likeness (QED) is 0.455. The Hall–Kier alpha value is -3.29. The highest BCUT2D eigenvalue weighted by atomic mass is 35.5. The Labute approximate surface area is 184 Å². The Morgan fingerprint density at radius 3 is 2.42 bits per heavy atom. The van der Waals surface area contributed by atoms with Gasteiger partial charge in [-0.3, -0.25) is 4.79 Å². The van der Waals surface area contributed by atoms with Crippen LogP contribution in [0.25, 0.3) is 10.9 Å². The number of halogens is 1. The molecule has 31 heavy (non-hydrogen) atoms. The Morgan fingerprint density at radius 2 is 1.68 bits per heavy atom. The number of benzene rings is 3. The normalized spacial score (nSPS) is 11.4. The third-order valence-electron chi connectivity index (χ3n) is 4.86. The first-order valence-electron chi connectivity index (χ1n) is 9.41. The van der Waals surface area contributed by atoms with Crippen molar-refractivity contribution < 1.29 is 17.9 Å². The van der Waals surface area contributed by atoms with Gasteiger partial charge in [0, 0.05) is 22.1 Å². The van der Waals surface area contributed by atoms with E-state index in [1.807, 2.05) is 6.07 Å². The van der Waals surface area contributed by atoms with Gasteiger partial charge in [0.15, 0.2) is 0 Å². The molecule has 0 aliphatic heterocycles. The van der Waals surface area contributed by atoms with Crippen molar-refractivity contribution in [3.63, 3.8) is 0 Å². The number of ether oxygens (including phenoxy) is 1. The van der Waals surface area contributed by atoms with Crippen LogP contribution >= 0.6 is 11.6 Å². The lowest BCUT2D eigenvalue weighted by Crippen LogP contribution is -2.18. The average Bonchev–Trinajstić information content (AvgIpc) is 3.13. The van der Waals surface area contributed by atoms with Gasteiger partial charge >= 0.3 is 0 Å². The number of rotatable bonds is 6. The molecule has 0 saturated heterocycles. The first-order valence-corrected chi connectivity index (χ1v) is 11.3. The van der Waals surface area contributed by atoms with Crippen LogP contribution in [0, 0.1) is 0 Å². The molecule has 0 atom stereocenters. The number of para-hydroxylation sites is 3. The minimum Gasteiger partial charge on any atom is -0.495 e. The standard InChI is InChI=1S/C23H19ClN2O4S/c1-30-21-9-5-3-7-19(21)25-23(27)15-26-14-22(18-6-2-4-8-20(18)26)31(28,29)17-12-10-16(24)11-13-17/h2-14H,15H2,1H3,(H,25,27). The van der Waals surface area contributed by atoms with Gasteiger partial charge in [-0.2, -0.15) is 0 Å². The lowest BCUT2D eigenvalue weighted by Gasteiger charge is -2.10. The van der Waals surface area contributed by atoms with Gasteiger partial charge in [-0.1, -0.05) is 41.9 Å². The number of sulfone groups is 1. The molecule has 8 heteroatoms. The highest BCUT2D eigenvalue weighted by molar-refractivity contribution is 7.91. The van der Waals surface area contributed by atoms with E-state index >= 15 is 0 Å².